The lowest BCUT2D eigenvalue weighted by Gasteiger charge is -2.40. The highest BCUT2D eigenvalue weighted by Gasteiger charge is 2.47. The van der Waals surface area contributed by atoms with Crippen molar-refractivity contribution in [1.82, 2.24) is 14.8 Å². The Bertz CT molecular complexity index is 1600. The number of carbonyl (C=O) groups excluding carboxylic acids is 2. The van der Waals surface area contributed by atoms with E-state index >= 15 is 4.39 Å². The van der Waals surface area contributed by atoms with Gasteiger partial charge < -0.3 is 24.2 Å². The van der Waals surface area contributed by atoms with E-state index in [0.717, 1.165) is 6.26 Å². The molecule has 15 heteroatoms. The number of ether oxygens (including phenoxy) is 2. The maximum absolute atomic E-state index is 15.2. The molecule has 5 rings (SSSR count). The lowest BCUT2D eigenvalue weighted by atomic mass is 10.00. The molecule has 2 amide bonds. The van der Waals surface area contributed by atoms with Crippen molar-refractivity contribution in [3.63, 3.8) is 0 Å². The van der Waals surface area contributed by atoms with Gasteiger partial charge in [-0.05, 0) is 53.2 Å². The van der Waals surface area contributed by atoms with E-state index in [-0.39, 0.29) is 71.2 Å². The Morgan fingerprint density at radius 1 is 1.16 bits per heavy atom. The van der Waals surface area contributed by atoms with E-state index in [1.165, 1.54) is 23.1 Å². The van der Waals surface area contributed by atoms with Gasteiger partial charge in [0, 0.05) is 31.7 Å². The molecule has 11 nitrogen and oxygen atoms in total. The van der Waals surface area contributed by atoms with Crippen LogP contribution in [0, 0.1) is 5.82 Å². The molecule has 2 saturated heterocycles. The van der Waals surface area contributed by atoms with Gasteiger partial charge in [0.1, 0.15) is 34.4 Å². The minimum absolute atomic E-state index is 0.00233. The van der Waals surface area contributed by atoms with Crippen molar-refractivity contribution in [2.45, 2.75) is 64.3 Å². The van der Waals surface area contributed by atoms with E-state index in [9.17, 15) is 18.0 Å². The van der Waals surface area contributed by atoms with Crippen molar-refractivity contribution < 1.29 is 36.1 Å². The standard InChI is InChI=1S/C29H35Cl2FN4O7S/c1-28(2,3)42-27(38)34-10-11-35-16(13-34)15-41-24-21(26(35)37)25(36-14-17(12-29(36,4)5)43-44(6,39)40)33-23(22(24)31)20-18(30)8-7-9-19(20)32/h7-9,16-17H,10-15H2,1-6H3/t16-,17+/m1/s1. The number of aromatic nitrogens is 1. The van der Waals surface area contributed by atoms with Crippen LogP contribution in [0.25, 0.3) is 11.3 Å². The minimum atomic E-state index is -3.78. The van der Waals surface area contributed by atoms with Gasteiger partial charge in [0.05, 0.1) is 34.7 Å². The maximum atomic E-state index is 15.2. The van der Waals surface area contributed by atoms with E-state index in [1.54, 1.807) is 30.6 Å². The molecule has 2 aromatic rings. The van der Waals surface area contributed by atoms with Gasteiger partial charge in [-0.15, -0.1) is 0 Å². The van der Waals surface area contributed by atoms with Crippen molar-refractivity contribution in [2.24, 2.45) is 0 Å². The summed E-state index contributed by atoms with van der Waals surface area (Å²) in [6.45, 7) is 9.66. The van der Waals surface area contributed by atoms with Gasteiger partial charge in [-0.1, -0.05) is 29.3 Å². The second-order valence-electron chi connectivity index (χ2n) is 12.8. The molecule has 2 fully saturated rings. The summed E-state index contributed by atoms with van der Waals surface area (Å²) in [7, 11) is -3.78. The molecule has 1 aromatic carbocycles. The normalized spacial score (nSPS) is 21.8. The third-order valence-corrected chi connectivity index (χ3v) is 9.00. The zero-order chi connectivity index (χ0) is 32.4. The minimum Gasteiger partial charge on any atom is -0.489 e. The molecule has 0 aliphatic carbocycles. The number of anilines is 1. The molecule has 3 aliphatic heterocycles. The van der Waals surface area contributed by atoms with Crippen LogP contribution in [0.3, 0.4) is 0 Å². The zero-order valence-corrected chi connectivity index (χ0v) is 27.6. The molecule has 0 saturated carbocycles. The fourth-order valence-electron chi connectivity index (χ4n) is 5.89. The summed E-state index contributed by atoms with van der Waals surface area (Å²) in [5.41, 5.74) is -1.50. The molecule has 1 aromatic heterocycles. The molecular formula is C29H35Cl2FN4O7S. The number of carbonyl (C=O) groups is 2. The Balaban J connectivity index is 1.62. The number of pyridine rings is 1. The fourth-order valence-corrected chi connectivity index (χ4v) is 7.05. The molecule has 240 valence electrons. The van der Waals surface area contributed by atoms with Crippen LogP contribution < -0.4 is 9.64 Å². The van der Waals surface area contributed by atoms with Crippen LogP contribution in [0.5, 0.6) is 5.75 Å². The first-order valence-electron chi connectivity index (χ1n) is 14.1. The van der Waals surface area contributed by atoms with Crippen molar-refractivity contribution in [1.29, 1.82) is 0 Å². The van der Waals surface area contributed by atoms with Gasteiger partial charge >= 0.3 is 6.09 Å². The predicted molar refractivity (Wildman–Crippen MR) is 164 cm³/mol. The Kier molecular flexibility index (Phi) is 8.49. The first-order valence-corrected chi connectivity index (χ1v) is 16.7. The summed E-state index contributed by atoms with van der Waals surface area (Å²) in [6.07, 6.45) is 0.0304. The van der Waals surface area contributed by atoms with E-state index in [1.807, 2.05) is 13.8 Å². The molecule has 0 unspecified atom stereocenters. The average molecular weight is 674 g/mol. The van der Waals surface area contributed by atoms with E-state index < -0.39 is 51.2 Å². The lowest BCUT2D eigenvalue weighted by Crippen LogP contribution is -2.58. The summed E-state index contributed by atoms with van der Waals surface area (Å²) < 4.78 is 56.3. The molecule has 0 N–H and O–H groups in total. The van der Waals surface area contributed by atoms with Gasteiger partial charge in [-0.3, -0.25) is 8.98 Å². The van der Waals surface area contributed by atoms with Crippen LogP contribution in [0.15, 0.2) is 18.2 Å². The molecule has 0 spiro atoms. The van der Waals surface area contributed by atoms with Crippen molar-refractivity contribution >= 4 is 51.1 Å². The number of halogens is 3. The van der Waals surface area contributed by atoms with Gasteiger partial charge in [0.25, 0.3) is 16.0 Å². The van der Waals surface area contributed by atoms with Crippen molar-refractivity contribution in [2.75, 3.05) is 43.9 Å². The molecule has 44 heavy (non-hydrogen) atoms. The van der Waals surface area contributed by atoms with Crippen molar-refractivity contribution in [3.05, 3.63) is 39.6 Å². The third kappa shape index (κ3) is 6.42. The number of piperazine rings is 1. The van der Waals surface area contributed by atoms with Crippen LogP contribution in [0.4, 0.5) is 15.0 Å². The quantitative estimate of drug-likeness (QED) is 0.414. The largest absolute Gasteiger partial charge is 0.489 e. The van der Waals surface area contributed by atoms with Gasteiger partial charge in [0.2, 0.25) is 0 Å². The van der Waals surface area contributed by atoms with E-state index in [0.29, 0.717) is 6.42 Å². The Labute approximate surface area is 266 Å². The topological polar surface area (TPSA) is 119 Å². The summed E-state index contributed by atoms with van der Waals surface area (Å²) in [5, 5.41) is -0.0523. The third-order valence-electron chi connectivity index (χ3n) is 7.72. The maximum Gasteiger partial charge on any atom is 0.410 e. The number of hydrogen-bond donors (Lipinski definition) is 0. The summed E-state index contributed by atoms with van der Waals surface area (Å²) in [6, 6.07) is 3.62. The molecule has 3 aliphatic rings. The highest BCUT2D eigenvalue weighted by molar-refractivity contribution is 7.86. The summed E-state index contributed by atoms with van der Waals surface area (Å²) in [5.74, 6) is -0.992. The SMILES string of the molecule is CC(C)(C)OC(=O)N1CCN2C(=O)c3c(N4C[C@@H](OS(C)(=O)=O)CC4(C)C)nc(-c4c(F)cccc4Cl)c(Cl)c3OC[C@H]2C1. The van der Waals surface area contributed by atoms with E-state index in [2.05, 4.69) is 0 Å². The van der Waals surface area contributed by atoms with E-state index in [4.69, 9.17) is 41.8 Å². The molecule has 0 radical (unpaired) electrons. The highest BCUT2D eigenvalue weighted by atomic mass is 35.5. The second kappa shape index (κ2) is 11.5. The Morgan fingerprint density at radius 3 is 2.50 bits per heavy atom. The van der Waals surface area contributed by atoms with Crippen LogP contribution >= 0.6 is 23.2 Å². The number of fused-ring (bicyclic) bond motifs is 2. The van der Waals surface area contributed by atoms with Gasteiger partial charge in [-0.2, -0.15) is 8.42 Å². The molecule has 4 heterocycles. The van der Waals surface area contributed by atoms with Crippen LogP contribution in [0.1, 0.15) is 51.4 Å². The monoisotopic (exact) mass is 672 g/mol. The summed E-state index contributed by atoms with van der Waals surface area (Å²) >= 11 is 13.3. The molecule has 0 bridgehead atoms. The van der Waals surface area contributed by atoms with Crippen LogP contribution in [-0.4, -0.2) is 97.5 Å². The Hall–Kier alpha value is -2.87. The first kappa shape index (κ1) is 32.5. The van der Waals surface area contributed by atoms with Crippen molar-refractivity contribution in [3.8, 4) is 17.0 Å². The molecule has 2 atom stereocenters. The second-order valence-corrected chi connectivity index (χ2v) is 15.2. The number of benzene rings is 1. The van der Waals surface area contributed by atoms with Gasteiger partial charge in [-0.25, -0.2) is 14.2 Å². The van der Waals surface area contributed by atoms with Gasteiger partial charge in [0.15, 0.2) is 5.75 Å². The molecular weight excluding hydrogens is 638 g/mol. The van der Waals surface area contributed by atoms with Crippen LogP contribution in [-0.2, 0) is 19.0 Å². The average Bonchev–Trinajstić information content (AvgIpc) is 3.09. The number of amides is 2. The number of rotatable bonds is 4. The zero-order valence-electron chi connectivity index (χ0n) is 25.3. The predicted octanol–water partition coefficient (Wildman–Crippen LogP) is 4.98. The fraction of sp³-hybridized carbons (Fsp3) is 0.552. The smallest absolute Gasteiger partial charge is 0.410 e. The summed E-state index contributed by atoms with van der Waals surface area (Å²) in [4.78, 5) is 36.9. The first-order chi connectivity index (χ1) is 20.4. The number of hydrogen-bond acceptors (Lipinski definition) is 9. The lowest BCUT2D eigenvalue weighted by molar-refractivity contribution is 0.000951. The van der Waals surface area contributed by atoms with Crippen LogP contribution in [0.2, 0.25) is 10.0 Å². The highest BCUT2D eigenvalue weighted by Crippen LogP contribution is 2.48. The Morgan fingerprint density at radius 2 is 1.86 bits per heavy atom. The number of nitrogens with zero attached hydrogens (tertiary/aromatic N) is 4.